The summed E-state index contributed by atoms with van der Waals surface area (Å²) in [4.78, 5) is 0. The van der Waals surface area contributed by atoms with Gasteiger partial charge in [0.2, 0.25) is 0 Å². The molecule has 2 atom stereocenters. The van der Waals surface area contributed by atoms with Crippen molar-refractivity contribution in [2.45, 2.75) is 25.4 Å². The summed E-state index contributed by atoms with van der Waals surface area (Å²) in [6.45, 7) is 0. The highest BCUT2D eigenvalue weighted by atomic mass is 16.5. The van der Waals surface area contributed by atoms with E-state index in [9.17, 15) is 5.11 Å². The molecule has 1 aromatic carbocycles. The first kappa shape index (κ1) is 11.2. The molecule has 0 bridgehead atoms. The molecule has 1 N–H and O–H groups in total. The fourth-order valence-electron chi connectivity index (χ4n) is 2.15. The van der Waals surface area contributed by atoms with Gasteiger partial charge in [-0.25, -0.2) is 0 Å². The average molecular weight is 218 g/mol. The van der Waals surface area contributed by atoms with Crippen LogP contribution in [0.2, 0.25) is 0 Å². The van der Waals surface area contributed by atoms with Crippen molar-refractivity contribution in [3.63, 3.8) is 0 Å². The topological polar surface area (TPSA) is 29.5 Å². The largest absolute Gasteiger partial charge is 0.497 e. The van der Waals surface area contributed by atoms with Crippen molar-refractivity contribution < 1.29 is 9.84 Å². The second-order valence-electron chi connectivity index (χ2n) is 4.24. The number of hydrogen-bond acceptors (Lipinski definition) is 2. The van der Waals surface area contributed by atoms with Gasteiger partial charge in [-0.3, -0.25) is 0 Å². The molecule has 16 heavy (non-hydrogen) atoms. The van der Waals surface area contributed by atoms with Crippen LogP contribution in [-0.4, -0.2) is 12.2 Å². The van der Waals surface area contributed by atoms with E-state index in [1.165, 1.54) is 6.42 Å². The molecule has 0 spiro atoms. The highest BCUT2D eigenvalue weighted by Crippen LogP contribution is 2.30. The van der Waals surface area contributed by atoms with Crippen LogP contribution < -0.4 is 4.74 Å². The molecular formula is C14H18O2. The lowest BCUT2D eigenvalue weighted by Gasteiger charge is -2.22. The maximum absolute atomic E-state index is 10.2. The van der Waals surface area contributed by atoms with E-state index >= 15 is 0 Å². The minimum Gasteiger partial charge on any atom is -0.497 e. The van der Waals surface area contributed by atoms with E-state index in [4.69, 9.17) is 4.74 Å². The second-order valence-corrected chi connectivity index (χ2v) is 4.24. The molecule has 0 saturated carbocycles. The summed E-state index contributed by atoms with van der Waals surface area (Å²) in [5.74, 6) is 1.09. The molecule has 86 valence electrons. The van der Waals surface area contributed by atoms with Gasteiger partial charge in [0.05, 0.1) is 13.2 Å². The summed E-state index contributed by atoms with van der Waals surface area (Å²) >= 11 is 0. The molecule has 0 aliphatic heterocycles. The summed E-state index contributed by atoms with van der Waals surface area (Å²) < 4.78 is 5.10. The van der Waals surface area contributed by atoms with E-state index in [0.29, 0.717) is 0 Å². The lowest BCUT2D eigenvalue weighted by molar-refractivity contribution is 0.123. The standard InChI is InChI=1S/C14H18O2/c1-16-13-9-7-12(8-10-13)14(15)11-5-3-2-4-6-11/h3,5,7-11,14-15H,2,4,6H2,1H3/t11-,14-/m1/s1. The number of allylic oxidation sites excluding steroid dienone is 1. The maximum atomic E-state index is 10.2. The number of methoxy groups -OCH3 is 1. The first-order valence-corrected chi connectivity index (χ1v) is 5.80. The molecule has 0 aromatic heterocycles. The number of aliphatic hydroxyl groups is 1. The highest BCUT2D eigenvalue weighted by molar-refractivity contribution is 5.29. The molecule has 1 aliphatic carbocycles. The number of ether oxygens (including phenoxy) is 1. The van der Waals surface area contributed by atoms with Crippen LogP contribution in [0.25, 0.3) is 0 Å². The van der Waals surface area contributed by atoms with Gasteiger partial charge in [0, 0.05) is 5.92 Å². The van der Waals surface area contributed by atoms with Gasteiger partial charge in [-0.15, -0.1) is 0 Å². The Labute approximate surface area is 96.6 Å². The van der Waals surface area contributed by atoms with Crippen LogP contribution >= 0.6 is 0 Å². The van der Waals surface area contributed by atoms with Crippen LogP contribution in [0.1, 0.15) is 30.9 Å². The molecule has 2 rings (SSSR count). The van der Waals surface area contributed by atoms with E-state index in [0.717, 1.165) is 24.2 Å². The van der Waals surface area contributed by atoms with Gasteiger partial charge >= 0.3 is 0 Å². The predicted octanol–water partition coefficient (Wildman–Crippen LogP) is 3.08. The smallest absolute Gasteiger partial charge is 0.118 e. The summed E-state index contributed by atoms with van der Waals surface area (Å²) in [5.41, 5.74) is 0.970. The van der Waals surface area contributed by atoms with Crippen molar-refractivity contribution in [2.24, 2.45) is 5.92 Å². The van der Waals surface area contributed by atoms with E-state index in [1.807, 2.05) is 24.3 Å². The lowest BCUT2D eigenvalue weighted by Crippen LogP contribution is -2.12. The van der Waals surface area contributed by atoms with E-state index < -0.39 is 0 Å². The fraction of sp³-hybridized carbons (Fsp3) is 0.429. The van der Waals surface area contributed by atoms with Gasteiger partial charge in [0.15, 0.2) is 0 Å². The fourth-order valence-corrected chi connectivity index (χ4v) is 2.15. The quantitative estimate of drug-likeness (QED) is 0.790. The summed E-state index contributed by atoms with van der Waals surface area (Å²) in [5, 5.41) is 10.2. The normalized spacial score (nSPS) is 21.8. The van der Waals surface area contributed by atoms with Gasteiger partial charge in [0.25, 0.3) is 0 Å². The summed E-state index contributed by atoms with van der Waals surface area (Å²) in [6, 6.07) is 7.66. The second kappa shape index (κ2) is 5.17. The van der Waals surface area contributed by atoms with Crippen molar-refractivity contribution in [2.75, 3.05) is 7.11 Å². The Kier molecular flexibility index (Phi) is 3.62. The summed E-state index contributed by atoms with van der Waals surface area (Å²) in [6.07, 6.45) is 7.31. The van der Waals surface area contributed by atoms with Gasteiger partial charge in [-0.2, -0.15) is 0 Å². The van der Waals surface area contributed by atoms with Gasteiger partial charge < -0.3 is 9.84 Å². The number of hydrogen-bond donors (Lipinski definition) is 1. The minimum atomic E-state index is -0.387. The zero-order chi connectivity index (χ0) is 11.4. The zero-order valence-corrected chi connectivity index (χ0v) is 9.60. The molecule has 0 fully saturated rings. The van der Waals surface area contributed by atoms with E-state index in [2.05, 4.69) is 12.2 Å². The van der Waals surface area contributed by atoms with Crippen LogP contribution in [0.4, 0.5) is 0 Å². The third-order valence-corrected chi connectivity index (χ3v) is 3.15. The minimum absolute atomic E-state index is 0.266. The Morgan fingerprint density at radius 2 is 2.06 bits per heavy atom. The number of aliphatic hydroxyl groups excluding tert-OH is 1. The third kappa shape index (κ3) is 2.45. The molecule has 2 heteroatoms. The predicted molar refractivity (Wildman–Crippen MR) is 64.4 cm³/mol. The molecular weight excluding hydrogens is 200 g/mol. The van der Waals surface area contributed by atoms with Crippen LogP contribution in [0.3, 0.4) is 0 Å². The van der Waals surface area contributed by atoms with Crippen LogP contribution in [-0.2, 0) is 0 Å². The molecule has 0 heterocycles. The van der Waals surface area contributed by atoms with Crippen molar-refractivity contribution in [1.29, 1.82) is 0 Å². The molecule has 0 saturated heterocycles. The first-order valence-electron chi connectivity index (χ1n) is 5.80. The molecule has 1 aliphatic rings. The number of rotatable bonds is 3. The van der Waals surface area contributed by atoms with Gasteiger partial charge in [-0.1, -0.05) is 24.3 Å². The SMILES string of the molecule is COc1ccc([C@H](O)[C@@H]2C=CCCC2)cc1. The molecule has 2 nitrogen and oxygen atoms in total. The van der Waals surface area contributed by atoms with Crippen molar-refractivity contribution in [3.05, 3.63) is 42.0 Å². The molecule has 0 unspecified atom stereocenters. The van der Waals surface area contributed by atoms with E-state index in [1.54, 1.807) is 7.11 Å². The number of benzene rings is 1. The Bertz CT molecular complexity index is 354. The monoisotopic (exact) mass is 218 g/mol. The van der Waals surface area contributed by atoms with Crippen molar-refractivity contribution >= 4 is 0 Å². The molecule has 0 radical (unpaired) electrons. The molecule has 0 amide bonds. The highest BCUT2D eigenvalue weighted by Gasteiger charge is 2.19. The zero-order valence-electron chi connectivity index (χ0n) is 9.60. The van der Waals surface area contributed by atoms with Crippen molar-refractivity contribution in [1.82, 2.24) is 0 Å². The van der Waals surface area contributed by atoms with Crippen LogP contribution in [0.15, 0.2) is 36.4 Å². The van der Waals surface area contributed by atoms with Crippen LogP contribution in [0.5, 0.6) is 5.75 Å². The van der Waals surface area contributed by atoms with Gasteiger partial charge in [0.1, 0.15) is 5.75 Å². The Morgan fingerprint density at radius 3 is 2.62 bits per heavy atom. The van der Waals surface area contributed by atoms with Crippen LogP contribution in [0, 0.1) is 5.92 Å². The Morgan fingerprint density at radius 1 is 1.31 bits per heavy atom. The average Bonchev–Trinajstić information content (AvgIpc) is 2.39. The summed E-state index contributed by atoms with van der Waals surface area (Å²) in [7, 11) is 1.65. The van der Waals surface area contributed by atoms with E-state index in [-0.39, 0.29) is 12.0 Å². The van der Waals surface area contributed by atoms with Crippen molar-refractivity contribution in [3.8, 4) is 5.75 Å². The lowest BCUT2D eigenvalue weighted by atomic mass is 9.87. The van der Waals surface area contributed by atoms with Gasteiger partial charge in [-0.05, 0) is 37.0 Å². The Balaban J connectivity index is 2.10. The maximum Gasteiger partial charge on any atom is 0.118 e. The molecule has 1 aromatic rings. The third-order valence-electron chi connectivity index (χ3n) is 3.15. The first-order chi connectivity index (χ1) is 7.81. The Hall–Kier alpha value is -1.28.